The van der Waals surface area contributed by atoms with E-state index in [9.17, 15) is 19.2 Å². The first-order valence-electron chi connectivity index (χ1n) is 14.3. The Kier molecular flexibility index (Phi) is 10.5. The normalized spacial score (nSPS) is 10.3. The molecule has 0 unspecified atom stereocenters. The number of rotatable bonds is 11. The van der Waals surface area contributed by atoms with Gasteiger partial charge in [0, 0.05) is 28.9 Å². The molecule has 0 aromatic heterocycles. The molecule has 236 valence electrons. The Morgan fingerprint density at radius 3 is 1.32 bits per heavy atom. The monoisotopic (exact) mass is 628 g/mol. The molecule has 0 fully saturated rings. The first-order valence-corrected chi connectivity index (χ1v) is 14.3. The van der Waals surface area contributed by atoms with E-state index in [4.69, 9.17) is 18.9 Å². The molecule has 8 nitrogen and oxygen atoms in total. The highest BCUT2D eigenvalue weighted by molar-refractivity contribution is 5.92. The molecule has 4 aromatic rings. The molecular weight excluding hydrogens is 596 g/mol. The van der Waals surface area contributed by atoms with Crippen LogP contribution in [0.4, 0.5) is 0 Å². The molecule has 8 heteroatoms. The topological polar surface area (TPSA) is 105 Å². The van der Waals surface area contributed by atoms with Crippen LogP contribution in [0.2, 0.25) is 0 Å². The predicted molar refractivity (Wildman–Crippen MR) is 180 cm³/mol. The maximum Gasteiger partial charge on any atom is 0.338 e. The van der Waals surface area contributed by atoms with Crippen molar-refractivity contribution in [3.8, 4) is 56.4 Å². The van der Waals surface area contributed by atoms with Crippen molar-refractivity contribution in [2.45, 2.75) is 20.8 Å². The zero-order valence-corrected chi connectivity index (χ0v) is 26.3. The Balaban J connectivity index is 1.60. The van der Waals surface area contributed by atoms with E-state index in [0.717, 1.165) is 33.9 Å². The van der Waals surface area contributed by atoms with Crippen molar-refractivity contribution in [3.05, 3.63) is 134 Å². The highest BCUT2D eigenvalue weighted by Gasteiger charge is 2.17. The lowest BCUT2D eigenvalue weighted by atomic mass is 9.98. The average molecular weight is 629 g/mol. The molecule has 0 aliphatic heterocycles. The number of carbonyl (C=O) groups is 4. The molecule has 4 aromatic carbocycles. The van der Waals surface area contributed by atoms with Gasteiger partial charge >= 0.3 is 23.9 Å². The van der Waals surface area contributed by atoms with E-state index in [0.29, 0.717) is 5.56 Å². The number of benzene rings is 4. The van der Waals surface area contributed by atoms with Gasteiger partial charge in [-0.25, -0.2) is 19.2 Å². The molecule has 0 N–H and O–H groups in total. The highest BCUT2D eigenvalue weighted by Crippen LogP contribution is 2.36. The van der Waals surface area contributed by atoms with E-state index < -0.39 is 23.9 Å². The Morgan fingerprint density at radius 2 is 0.851 bits per heavy atom. The van der Waals surface area contributed by atoms with Crippen LogP contribution in [0.1, 0.15) is 20.8 Å². The Hall–Kier alpha value is -6.28. The lowest BCUT2D eigenvalue weighted by Gasteiger charge is -2.13. The van der Waals surface area contributed by atoms with Crippen LogP contribution in [0.5, 0.6) is 23.0 Å². The van der Waals surface area contributed by atoms with Crippen LogP contribution >= 0.6 is 0 Å². The molecule has 0 saturated carbocycles. The number of carbonyl (C=O) groups excluding carboxylic acids is 4. The quantitative estimate of drug-likeness (QED) is 0.0930. The van der Waals surface area contributed by atoms with Crippen LogP contribution in [0.15, 0.2) is 134 Å². The minimum atomic E-state index is -0.651. The lowest BCUT2D eigenvalue weighted by Crippen LogP contribution is -2.12. The fraction of sp³-hybridized carbons (Fsp3) is 0.0769. The average Bonchev–Trinajstić information content (AvgIpc) is 3.05. The number of esters is 4. The summed E-state index contributed by atoms with van der Waals surface area (Å²) in [6, 6.07) is 25.1. The number of ether oxygens (including phenoxy) is 4. The van der Waals surface area contributed by atoms with Crippen molar-refractivity contribution in [3.63, 3.8) is 0 Å². The minimum absolute atomic E-state index is 0.0747. The number of hydrogen-bond donors (Lipinski definition) is 0. The molecule has 0 spiro atoms. The second-order valence-electron chi connectivity index (χ2n) is 10.6. The molecule has 0 atom stereocenters. The fourth-order valence-electron chi connectivity index (χ4n) is 4.14. The lowest BCUT2D eigenvalue weighted by molar-refractivity contribution is -0.132. The SMILES string of the molecule is C=CC(=O)Oc1cc(OC(=O)C(=C)C)cc(-c2ccc(-c3ccc(-c4ccc(OC(=O)C(=C)C)c(OC(=O)C(=C)C)c4)cc3)cc2)c1. The molecule has 0 radical (unpaired) electrons. The maximum atomic E-state index is 12.3. The standard InChI is InChI=1S/C39H32O8/c1-8-36(40)44-32-19-31(20-33(22-32)45-37(41)23(2)3)29-15-11-27(12-16-29)26-9-13-28(14-10-26)30-17-18-34(46-38(42)24(4)5)35(21-30)47-39(43)25(6)7/h8-22H,1-2,4,6H2,3,5,7H3. The largest absolute Gasteiger partial charge is 0.423 e. The molecule has 4 rings (SSSR count). The molecule has 0 aliphatic rings. The molecule has 0 heterocycles. The van der Waals surface area contributed by atoms with E-state index in [2.05, 4.69) is 26.3 Å². The van der Waals surface area contributed by atoms with Crippen molar-refractivity contribution >= 4 is 23.9 Å². The van der Waals surface area contributed by atoms with Gasteiger partial charge in [-0.3, -0.25) is 0 Å². The third-order valence-electron chi connectivity index (χ3n) is 6.64. The predicted octanol–water partition coefficient (Wildman–Crippen LogP) is 8.22. The van der Waals surface area contributed by atoms with Crippen LogP contribution < -0.4 is 18.9 Å². The van der Waals surface area contributed by atoms with Crippen molar-refractivity contribution in [1.29, 1.82) is 0 Å². The maximum absolute atomic E-state index is 12.3. The second-order valence-corrected chi connectivity index (χ2v) is 10.6. The molecule has 0 aliphatic carbocycles. The third kappa shape index (κ3) is 8.67. The first kappa shape index (κ1) is 33.6. The minimum Gasteiger partial charge on any atom is -0.423 e. The summed E-state index contributed by atoms with van der Waals surface area (Å²) in [5, 5.41) is 0. The Labute approximate surface area is 272 Å². The van der Waals surface area contributed by atoms with Crippen LogP contribution in [0.3, 0.4) is 0 Å². The van der Waals surface area contributed by atoms with E-state index in [1.165, 1.54) is 26.8 Å². The summed E-state index contributed by atoms with van der Waals surface area (Å²) in [5.41, 5.74) is 5.50. The highest BCUT2D eigenvalue weighted by atomic mass is 16.6. The van der Waals surface area contributed by atoms with Gasteiger partial charge in [0.1, 0.15) is 11.5 Å². The van der Waals surface area contributed by atoms with Gasteiger partial charge in [-0.1, -0.05) is 80.9 Å². The van der Waals surface area contributed by atoms with E-state index in [1.807, 2.05) is 48.5 Å². The third-order valence-corrected chi connectivity index (χ3v) is 6.64. The van der Waals surface area contributed by atoms with Gasteiger partial charge < -0.3 is 18.9 Å². The molecular formula is C39H32O8. The van der Waals surface area contributed by atoms with Crippen LogP contribution in [-0.2, 0) is 19.2 Å². The summed E-state index contributed by atoms with van der Waals surface area (Å²) >= 11 is 0. The molecule has 0 saturated heterocycles. The van der Waals surface area contributed by atoms with E-state index >= 15 is 0 Å². The van der Waals surface area contributed by atoms with Gasteiger partial charge in [0.15, 0.2) is 11.5 Å². The summed E-state index contributed by atoms with van der Waals surface area (Å²) in [4.78, 5) is 48.4. The van der Waals surface area contributed by atoms with Gasteiger partial charge in [0.05, 0.1) is 0 Å². The first-order chi connectivity index (χ1) is 22.3. The second kappa shape index (κ2) is 14.7. The van der Waals surface area contributed by atoms with Crippen molar-refractivity contribution in [2.75, 3.05) is 0 Å². The smallest absolute Gasteiger partial charge is 0.338 e. The van der Waals surface area contributed by atoms with Crippen molar-refractivity contribution < 1.29 is 38.1 Å². The fourth-order valence-corrected chi connectivity index (χ4v) is 4.14. The number of hydrogen-bond acceptors (Lipinski definition) is 8. The van der Waals surface area contributed by atoms with Gasteiger partial charge in [0.2, 0.25) is 0 Å². The van der Waals surface area contributed by atoms with E-state index in [-0.39, 0.29) is 39.7 Å². The summed E-state index contributed by atoms with van der Waals surface area (Å²) in [7, 11) is 0. The van der Waals surface area contributed by atoms with E-state index in [1.54, 1.807) is 30.3 Å². The molecule has 0 bridgehead atoms. The van der Waals surface area contributed by atoms with Gasteiger partial charge in [-0.05, 0) is 78.4 Å². The zero-order valence-electron chi connectivity index (χ0n) is 26.3. The molecule has 47 heavy (non-hydrogen) atoms. The summed E-state index contributed by atoms with van der Waals surface area (Å²) in [6.45, 7) is 18.8. The Bertz CT molecular complexity index is 1930. The Morgan fingerprint density at radius 1 is 0.468 bits per heavy atom. The molecule has 0 amide bonds. The van der Waals surface area contributed by atoms with Crippen LogP contribution in [0.25, 0.3) is 33.4 Å². The van der Waals surface area contributed by atoms with Gasteiger partial charge in [-0.2, -0.15) is 0 Å². The summed E-state index contributed by atoms with van der Waals surface area (Å²) in [5.74, 6) is -2.00. The van der Waals surface area contributed by atoms with Gasteiger partial charge in [-0.15, -0.1) is 0 Å². The summed E-state index contributed by atoms with van der Waals surface area (Å²) < 4.78 is 21.5. The van der Waals surface area contributed by atoms with Crippen LogP contribution in [0, 0.1) is 0 Å². The van der Waals surface area contributed by atoms with Crippen molar-refractivity contribution in [1.82, 2.24) is 0 Å². The van der Waals surface area contributed by atoms with Gasteiger partial charge in [0.25, 0.3) is 0 Å². The van der Waals surface area contributed by atoms with Crippen LogP contribution in [-0.4, -0.2) is 23.9 Å². The zero-order chi connectivity index (χ0) is 34.2. The van der Waals surface area contributed by atoms with Crippen molar-refractivity contribution in [2.24, 2.45) is 0 Å². The summed E-state index contributed by atoms with van der Waals surface area (Å²) in [6.07, 6.45) is 1.04.